The number of thioether (sulfide) groups is 1. The van der Waals surface area contributed by atoms with Crippen molar-refractivity contribution in [3.8, 4) is 0 Å². The zero-order valence-electron chi connectivity index (χ0n) is 12.7. The number of aromatic nitrogens is 1. The molecule has 116 valence electrons. The summed E-state index contributed by atoms with van der Waals surface area (Å²) in [5.41, 5.74) is 3.29. The number of rotatable bonds is 4. The summed E-state index contributed by atoms with van der Waals surface area (Å²) in [7, 11) is 2.11. The van der Waals surface area contributed by atoms with Crippen LogP contribution in [-0.2, 0) is 13.0 Å². The maximum atomic E-state index is 12.2. The first-order valence-electron chi connectivity index (χ1n) is 7.22. The molecule has 0 saturated heterocycles. The lowest BCUT2D eigenvalue weighted by Gasteiger charge is -2.34. The number of nitrogens with zero attached hydrogens (tertiary/aromatic N) is 2. The van der Waals surface area contributed by atoms with E-state index in [4.69, 9.17) is 0 Å². The van der Waals surface area contributed by atoms with Gasteiger partial charge in [-0.25, -0.2) is 4.98 Å². The molecule has 1 aromatic heterocycles. The normalized spacial score (nSPS) is 18.0. The van der Waals surface area contributed by atoms with Gasteiger partial charge in [0, 0.05) is 24.5 Å². The average molecular weight is 333 g/mol. The third kappa shape index (κ3) is 3.34. The zero-order valence-corrected chi connectivity index (χ0v) is 14.3. The molecule has 22 heavy (non-hydrogen) atoms. The summed E-state index contributed by atoms with van der Waals surface area (Å²) in [6, 6.07) is 8.86. The summed E-state index contributed by atoms with van der Waals surface area (Å²) in [5.74, 6) is -0.0798. The number of likely N-dealkylation sites (N-methyl/N-ethyl adjacent to an activating group) is 1. The van der Waals surface area contributed by atoms with Crippen molar-refractivity contribution in [2.24, 2.45) is 0 Å². The Hall–Kier alpha value is -1.37. The second-order valence-corrected chi connectivity index (χ2v) is 7.37. The van der Waals surface area contributed by atoms with Crippen LogP contribution in [0.3, 0.4) is 0 Å². The van der Waals surface area contributed by atoms with Gasteiger partial charge in [0.2, 0.25) is 0 Å². The number of amides is 1. The van der Waals surface area contributed by atoms with Crippen molar-refractivity contribution in [1.29, 1.82) is 0 Å². The summed E-state index contributed by atoms with van der Waals surface area (Å²) in [6.07, 6.45) is 2.94. The SMILES string of the molecule is CSc1nc(C(=O)NC[C@H]2Cc3ccccc3CN2C)cs1. The number of hydrogen-bond donors (Lipinski definition) is 1. The van der Waals surface area contributed by atoms with Gasteiger partial charge in [0.15, 0.2) is 0 Å². The maximum Gasteiger partial charge on any atom is 0.270 e. The quantitative estimate of drug-likeness (QED) is 0.874. The van der Waals surface area contributed by atoms with Crippen molar-refractivity contribution in [1.82, 2.24) is 15.2 Å². The van der Waals surface area contributed by atoms with Crippen LogP contribution >= 0.6 is 23.1 Å². The van der Waals surface area contributed by atoms with E-state index in [1.807, 2.05) is 11.6 Å². The van der Waals surface area contributed by atoms with Gasteiger partial charge in [-0.3, -0.25) is 9.69 Å². The number of thiazole rings is 1. The number of nitrogens with one attached hydrogen (secondary N) is 1. The van der Waals surface area contributed by atoms with E-state index in [0.29, 0.717) is 18.3 Å². The molecule has 2 aromatic rings. The molecule has 1 N–H and O–H groups in total. The molecule has 0 radical (unpaired) electrons. The van der Waals surface area contributed by atoms with E-state index >= 15 is 0 Å². The Balaban J connectivity index is 1.60. The monoisotopic (exact) mass is 333 g/mol. The first-order chi connectivity index (χ1) is 10.7. The Morgan fingerprint density at radius 1 is 1.45 bits per heavy atom. The Morgan fingerprint density at radius 2 is 2.23 bits per heavy atom. The summed E-state index contributed by atoms with van der Waals surface area (Å²) < 4.78 is 0.925. The van der Waals surface area contributed by atoms with E-state index in [9.17, 15) is 4.79 Å². The molecule has 4 nitrogen and oxygen atoms in total. The van der Waals surface area contributed by atoms with E-state index in [1.165, 1.54) is 22.5 Å². The fraction of sp³-hybridized carbons (Fsp3) is 0.375. The predicted octanol–water partition coefficient (Wildman–Crippen LogP) is 2.65. The van der Waals surface area contributed by atoms with Crippen LogP contribution < -0.4 is 5.32 Å². The van der Waals surface area contributed by atoms with Gasteiger partial charge >= 0.3 is 0 Å². The summed E-state index contributed by atoms with van der Waals surface area (Å²) in [4.78, 5) is 18.8. The minimum absolute atomic E-state index is 0.0798. The minimum atomic E-state index is -0.0798. The van der Waals surface area contributed by atoms with Gasteiger partial charge in [0.25, 0.3) is 5.91 Å². The van der Waals surface area contributed by atoms with Crippen molar-refractivity contribution in [2.75, 3.05) is 19.8 Å². The second kappa shape index (κ2) is 6.81. The van der Waals surface area contributed by atoms with Crippen LogP contribution in [0.1, 0.15) is 21.6 Å². The molecule has 1 amide bonds. The predicted molar refractivity (Wildman–Crippen MR) is 91.6 cm³/mol. The molecule has 0 aliphatic carbocycles. The first kappa shape index (κ1) is 15.5. The van der Waals surface area contributed by atoms with Gasteiger partial charge in [-0.1, -0.05) is 36.0 Å². The number of hydrogen-bond acceptors (Lipinski definition) is 5. The summed E-state index contributed by atoms with van der Waals surface area (Å²) >= 11 is 3.08. The maximum absolute atomic E-state index is 12.2. The van der Waals surface area contributed by atoms with Crippen LogP contribution in [0.5, 0.6) is 0 Å². The minimum Gasteiger partial charge on any atom is -0.349 e. The Labute approximate surface area is 138 Å². The summed E-state index contributed by atoms with van der Waals surface area (Å²) in [6.45, 7) is 1.58. The average Bonchev–Trinajstić information content (AvgIpc) is 3.01. The molecule has 0 unspecified atom stereocenters. The van der Waals surface area contributed by atoms with Crippen LogP contribution in [0.15, 0.2) is 34.0 Å². The molecule has 0 fully saturated rings. The highest BCUT2D eigenvalue weighted by atomic mass is 32.2. The molecule has 0 bridgehead atoms. The van der Waals surface area contributed by atoms with Crippen LogP contribution in [0.25, 0.3) is 0 Å². The molecule has 1 aromatic carbocycles. The number of carbonyl (C=O) groups excluding carboxylic acids is 1. The Kier molecular flexibility index (Phi) is 4.81. The fourth-order valence-corrected chi connectivity index (χ4v) is 3.94. The largest absolute Gasteiger partial charge is 0.349 e. The van der Waals surface area contributed by atoms with Gasteiger partial charge in [0.1, 0.15) is 10.0 Å². The van der Waals surface area contributed by atoms with Gasteiger partial charge in [-0.2, -0.15) is 0 Å². The van der Waals surface area contributed by atoms with Crippen LogP contribution in [0.4, 0.5) is 0 Å². The summed E-state index contributed by atoms with van der Waals surface area (Å²) in [5, 5.41) is 4.84. The third-order valence-electron chi connectivity index (χ3n) is 4.01. The highest BCUT2D eigenvalue weighted by Crippen LogP contribution is 2.22. The lowest BCUT2D eigenvalue weighted by Crippen LogP contribution is -2.45. The topological polar surface area (TPSA) is 45.2 Å². The van der Waals surface area contributed by atoms with E-state index in [2.05, 4.69) is 46.5 Å². The zero-order chi connectivity index (χ0) is 15.5. The molecule has 1 aliphatic heterocycles. The van der Waals surface area contributed by atoms with Crippen LogP contribution in [0.2, 0.25) is 0 Å². The van der Waals surface area contributed by atoms with Gasteiger partial charge in [-0.15, -0.1) is 11.3 Å². The van der Waals surface area contributed by atoms with Crippen LogP contribution in [-0.4, -0.2) is 41.7 Å². The highest BCUT2D eigenvalue weighted by Gasteiger charge is 2.23. The molecule has 6 heteroatoms. The Bertz CT molecular complexity index is 671. The molecule has 3 rings (SSSR count). The van der Waals surface area contributed by atoms with Crippen molar-refractivity contribution in [3.63, 3.8) is 0 Å². The molecular weight excluding hydrogens is 314 g/mol. The van der Waals surface area contributed by atoms with Crippen LogP contribution in [0, 0.1) is 0 Å². The molecule has 2 heterocycles. The molecule has 0 saturated carbocycles. The molecule has 1 aliphatic rings. The lowest BCUT2D eigenvalue weighted by molar-refractivity contribution is 0.0930. The third-order valence-corrected chi connectivity index (χ3v) is 5.87. The van der Waals surface area contributed by atoms with Gasteiger partial charge in [-0.05, 0) is 30.9 Å². The van der Waals surface area contributed by atoms with Gasteiger partial charge < -0.3 is 5.32 Å². The molecular formula is C16H19N3OS2. The van der Waals surface area contributed by atoms with Crippen molar-refractivity contribution in [2.45, 2.75) is 23.3 Å². The smallest absolute Gasteiger partial charge is 0.270 e. The standard InChI is InChI=1S/C16H19N3OS2/c1-19-9-12-6-4-3-5-11(12)7-13(19)8-17-15(20)14-10-22-16(18-14)21-2/h3-6,10,13H,7-9H2,1-2H3,(H,17,20)/t13-/m1/s1. The van der Waals surface area contributed by atoms with E-state index < -0.39 is 0 Å². The van der Waals surface area contributed by atoms with Crippen molar-refractivity contribution >= 4 is 29.0 Å². The van der Waals surface area contributed by atoms with Crippen molar-refractivity contribution in [3.05, 3.63) is 46.5 Å². The van der Waals surface area contributed by atoms with E-state index in [1.54, 1.807) is 11.8 Å². The number of carbonyl (C=O) groups is 1. The van der Waals surface area contributed by atoms with Gasteiger partial charge in [0.05, 0.1) is 0 Å². The highest BCUT2D eigenvalue weighted by molar-refractivity contribution is 8.00. The molecule has 1 atom stereocenters. The fourth-order valence-electron chi connectivity index (χ4n) is 2.70. The number of benzene rings is 1. The Morgan fingerprint density at radius 3 is 2.95 bits per heavy atom. The van der Waals surface area contributed by atoms with E-state index in [-0.39, 0.29) is 5.91 Å². The molecule has 0 spiro atoms. The number of fused-ring (bicyclic) bond motifs is 1. The van der Waals surface area contributed by atoms with E-state index in [0.717, 1.165) is 17.3 Å². The van der Waals surface area contributed by atoms with Crippen molar-refractivity contribution < 1.29 is 4.79 Å². The first-order valence-corrected chi connectivity index (χ1v) is 9.32. The lowest BCUT2D eigenvalue weighted by atomic mass is 9.94. The second-order valence-electron chi connectivity index (χ2n) is 5.45.